The number of fused-ring (bicyclic) bond motifs is 1. The van der Waals surface area contributed by atoms with Gasteiger partial charge in [-0.05, 0) is 24.1 Å². The molecule has 1 atom stereocenters. The van der Waals surface area contributed by atoms with Crippen molar-refractivity contribution in [1.82, 2.24) is 4.98 Å². The van der Waals surface area contributed by atoms with Gasteiger partial charge >= 0.3 is 0 Å². The van der Waals surface area contributed by atoms with E-state index in [0.717, 1.165) is 29.2 Å². The van der Waals surface area contributed by atoms with Crippen LogP contribution in [0.25, 0.3) is 10.8 Å². The smallest absolute Gasteiger partial charge is 0.0839 e. The van der Waals surface area contributed by atoms with E-state index in [4.69, 9.17) is 0 Å². The standard InChI is InChI=1S/C16H19NO/c18-16(12-6-2-1-3-7-12)15-11-17-10-13-8-4-5-9-14(13)15/h4-5,8-12,16,18H,1-3,6-7H2. The first kappa shape index (κ1) is 11.7. The molecule has 0 spiro atoms. The highest BCUT2D eigenvalue weighted by molar-refractivity contribution is 5.84. The van der Waals surface area contributed by atoms with E-state index in [1.807, 2.05) is 24.5 Å². The number of nitrogens with zero attached hydrogens (tertiary/aromatic N) is 1. The van der Waals surface area contributed by atoms with Crippen molar-refractivity contribution >= 4 is 10.8 Å². The second-order valence-electron chi connectivity index (χ2n) is 5.29. The van der Waals surface area contributed by atoms with Crippen LogP contribution >= 0.6 is 0 Å². The Labute approximate surface area is 108 Å². The predicted molar refractivity (Wildman–Crippen MR) is 73.3 cm³/mol. The maximum atomic E-state index is 10.6. The van der Waals surface area contributed by atoms with Gasteiger partial charge in [-0.1, -0.05) is 43.5 Å². The molecule has 1 fully saturated rings. The van der Waals surface area contributed by atoms with E-state index in [-0.39, 0.29) is 6.10 Å². The van der Waals surface area contributed by atoms with Crippen molar-refractivity contribution in [2.45, 2.75) is 38.2 Å². The fourth-order valence-electron chi connectivity index (χ4n) is 3.08. The molecule has 0 amide bonds. The van der Waals surface area contributed by atoms with E-state index < -0.39 is 0 Å². The molecule has 1 aliphatic rings. The van der Waals surface area contributed by atoms with Gasteiger partial charge in [-0.2, -0.15) is 0 Å². The number of pyridine rings is 1. The second-order valence-corrected chi connectivity index (χ2v) is 5.29. The highest BCUT2D eigenvalue weighted by Gasteiger charge is 2.24. The summed E-state index contributed by atoms with van der Waals surface area (Å²) < 4.78 is 0. The number of hydrogen-bond donors (Lipinski definition) is 1. The lowest BCUT2D eigenvalue weighted by Gasteiger charge is -2.27. The summed E-state index contributed by atoms with van der Waals surface area (Å²) in [6.07, 6.45) is 9.45. The molecule has 1 heterocycles. The summed E-state index contributed by atoms with van der Waals surface area (Å²) in [5, 5.41) is 12.9. The van der Waals surface area contributed by atoms with E-state index in [1.165, 1.54) is 19.3 Å². The Morgan fingerprint density at radius 1 is 1.06 bits per heavy atom. The van der Waals surface area contributed by atoms with Gasteiger partial charge in [0.05, 0.1) is 6.10 Å². The molecule has 0 radical (unpaired) electrons. The Hall–Kier alpha value is -1.41. The zero-order chi connectivity index (χ0) is 12.4. The first-order valence-electron chi connectivity index (χ1n) is 6.87. The van der Waals surface area contributed by atoms with Crippen molar-refractivity contribution < 1.29 is 5.11 Å². The van der Waals surface area contributed by atoms with Crippen molar-refractivity contribution in [3.63, 3.8) is 0 Å². The summed E-state index contributed by atoms with van der Waals surface area (Å²) >= 11 is 0. The number of aromatic nitrogens is 1. The minimum absolute atomic E-state index is 0.358. The van der Waals surface area contributed by atoms with E-state index in [9.17, 15) is 5.11 Å². The number of aliphatic hydroxyl groups excluding tert-OH is 1. The van der Waals surface area contributed by atoms with Crippen molar-refractivity contribution in [3.8, 4) is 0 Å². The van der Waals surface area contributed by atoms with Gasteiger partial charge in [-0.15, -0.1) is 0 Å². The largest absolute Gasteiger partial charge is 0.388 e. The molecule has 1 aromatic carbocycles. The van der Waals surface area contributed by atoms with Gasteiger partial charge in [0, 0.05) is 23.3 Å². The third kappa shape index (κ3) is 2.13. The van der Waals surface area contributed by atoms with Gasteiger partial charge in [-0.25, -0.2) is 0 Å². The summed E-state index contributed by atoms with van der Waals surface area (Å²) in [5.74, 6) is 0.409. The Bertz CT molecular complexity index is 526. The lowest BCUT2D eigenvalue weighted by Crippen LogP contribution is -2.16. The van der Waals surface area contributed by atoms with Gasteiger partial charge in [0.1, 0.15) is 0 Å². The van der Waals surface area contributed by atoms with Crippen LogP contribution in [0.2, 0.25) is 0 Å². The number of benzene rings is 1. The maximum Gasteiger partial charge on any atom is 0.0839 e. The summed E-state index contributed by atoms with van der Waals surface area (Å²) in [5.41, 5.74) is 1.00. The molecule has 3 rings (SSSR count). The number of hydrogen-bond acceptors (Lipinski definition) is 2. The highest BCUT2D eigenvalue weighted by atomic mass is 16.3. The summed E-state index contributed by atoms with van der Waals surface area (Å²) in [6, 6.07) is 8.18. The quantitative estimate of drug-likeness (QED) is 0.866. The third-order valence-corrected chi connectivity index (χ3v) is 4.11. The Balaban J connectivity index is 1.97. The molecular formula is C16H19NO. The maximum absolute atomic E-state index is 10.6. The SMILES string of the molecule is OC(c1cncc2ccccc12)C1CCCCC1. The fourth-order valence-corrected chi connectivity index (χ4v) is 3.08. The molecule has 94 valence electrons. The topological polar surface area (TPSA) is 33.1 Å². The van der Waals surface area contributed by atoms with Crippen LogP contribution in [0.15, 0.2) is 36.7 Å². The van der Waals surface area contributed by atoms with Gasteiger partial charge in [0.15, 0.2) is 0 Å². The normalized spacial score (nSPS) is 18.9. The van der Waals surface area contributed by atoms with E-state index in [0.29, 0.717) is 5.92 Å². The molecular weight excluding hydrogens is 222 g/mol. The first-order valence-corrected chi connectivity index (χ1v) is 6.87. The van der Waals surface area contributed by atoms with Crippen LogP contribution in [-0.4, -0.2) is 10.1 Å². The molecule has 18 heavy (non-hydrogen) atoms. The molecule has 0 saturated heterocycles. The third-order valence-electron chi connectivity index (χ3n) is 4.11. The summed E-state index contributed by atoms with van der Waals surface area (Å²) in [7, 11) is 0. The minimum Gasteiger partial charge on any atom is -0.388 e. The summed E-state index contributed by atoms with van der Waals surface area (Å²) in [6.45, 7) is 0. The van der Waals surface area contributed by atoms with Gasteiger partial charge < -0.3 is 5.11 Å². The average Bonchev–Trinajstić information content (AvgIpc) is 2.47. The minimum atomic E-state index is -0.358. The molecule has 2 nitrogen and oxygen atoms in total. The van der Waals surface area contributed by atoms with E-state index in [1.54, 1.807) is 0 Å². The number of rotatable bonds is 2. The first-order chi connectivity index (χ1) is 8.86. The lowest BCUT2D eigenvalue weighted by atomic mass is 9.82. The molecule has 1 aromatic heterocycles. The predicted octanol–water partition coefficient (Wildman–Crippen LogP) is 3.85. The average molecular weight is 241 g/mol. The molecule has 2 heteroatoms. The van der Waals surface area contributed by atoms with Crippen LogP contribution in [0.1, 0.15) is 43.8 Å². The van der Waals surface area contributed by atoms with Crippen LogP contribution in [0, 0.1) is 5.92 Å². The second kappa shape index (κ2) is 5.07. The van der Waals surface area contributed by atoms with Crippen LogP contribution in [-0.2, 0) is 0 Å². The Morgan fingerprint density at radius 3 is 2.67 bits per heavy atom. The van der Waals surface area contributed by atoms with E-state index in [2.05, 4.69) is 17.1 Å². The van der Waals surface area contributed by atoms with Crippen molar-refractivity contribution in [3.05, 3.63) is 42.2 Å². The van der Waals surface area contributed by atoms with Crippen LogP contribution in [0.5, 0.6) is 0 Å². The van der Waals surface area contributed by atoms with Crippen LogP contribution in [0.4, 0.5) is 0 Å². The molecule has 1 aliphatic carbocycles. The Morgan fingerprint density at radius 2 is 1.83 bits per heavy atom. The number of aliphatic hydroxyl groups is 1. The van der Waals surface area contributed by atoms with Crippen LogP contribution in [0.3, 0.4) is 0 Å². The fraction of sp³-hybridized carbons (Fsp3) is 0.438. The van der Waals surface area contributed by atoms with Gasteiger partial charge in [0.2, 0.25) is 0 Å². The molecule has 2 aromatic rings. The Kier molecular flexibility index (Phi) is 3.28. The highest BCUT2D eigenvalue weighted by Crippen LogP contribution is 2.36. The molecule has 0 aliphatic heterocycles. The zero-order valence-corrected chi connectivity index (χ0v) is 10.5. The molecule has 0 bridgehead atoms. The lowest BCUT2D eigenvalue weighted by molar-refractivity contribution is 0.0858. The zero-order valence-electron chi connectivity index (χ0n) is 10.5. The molecule has 1 N–H and O–H groups in total. The van der Waals surface area contributed by atoms with Crippen LogP contribution < -0.4 is 0 Å². The van der Waals surface area contributed by atoms with Crippen molar-refractivity contribution in [1.29, 1.82) is 0 Å². The monoisotopic (exact) mass is 241 g/mol. The molecule has 1 saturated carbocycles. The summed E-state index contributed by atoms with van der Waals surface area (Å²) in [4.78, 5) is 4.27. The molecule has 1 unspecified atom stereocenters. The van der Waals surface area contributed by atoms with E-state index >= 15 is 0 Å². The van der Waals surface area contributed by atoms with Gasteiger partial charge in [-0.3, -0.25) is 4.98 Å². The van der Waals surface area contributed by atoms with Crippen molar-refractivity contribution in [2.75, 3.05) is 0 Å². The van der Waals surface area contributed by atoms with Gasteiger partial charge in [0.25, 0.3) is 0 Å². The van der Waals surface area contributed by atoms with Crippen molar-refractivity contribution in [2.24, 2.45) is 5.92 Å².